The first kappa shape index (κ1) is 36.7. The van der Waals surface area contributed by atoms with E-state index in [4.69, 9.17) is 4.42 Å². The Labute approximate surface area is 375 Å². The average molecular weight is 834 g/mol. The van der Waals surface area contributed by atoms with Crippen molar-refractivity contribution in [3.63, 3.8) is 0 Å². The molecule has 1 aliphatic carbocycles. The molecule has 64 heavy (non-hydrogen) atoms. The van der Waals surface area contributed by atoms with Crippen LogP contribution < -0.4 is 4.90 Å². The first-order valence-electron chi connectivity index (χ1n) is 21.9. The summed E-state index contributed by atoms with van der Waals surface area (Å²) in [6.07, 6.45) is 0. The Morgan fingerprint density at radius 1 is 0.359 bits per heavy atom. The molecule has 0 radical (unpaired) electrons. The summed E-state index contributed by atoms with van der Waals surface area (Å²) in [6.45, 7) is 0. The van der Waals surface area contributed by atoms with Crippen molar-refractivity contribution < 1.29 is 4.42 Å². The van der Waals surface area contributed by atoms with Gasteiger partial charge in [0.1, 0.15) is 11.2 Å². The number of anilines is 3. The Morgan fingerprint density at radius 3 is 1.78 bits per heavy atom. The molecule has 0 aliphatic heterocycles. The second-order valence-corrected chi connectivity index (χ2v) is 17.9. The van der Waals surface area contributed by atoms with Crippen LogP contribution in [0.25, 0.3) is 75.5 Å². The summed E-state index contributed by atoms with van der Waals surface area (Å²) in [6, 6.07) is 86.7. The third-order valence-electron chi connectivity index (χ3n) is 13.4. The average Bonchev–Trinajstić information content (AvgIpc) is 4.03. The van der Waals surface area contributed by atoms with E-state index in [0.717, 1.165) is 50.1 Å². The summed E-state index contributed by atoms with van der Waals surface area (Å²) in [4.78, 5) is 2.47. The molecule has 2 nitrogen and oxygen atoms in total. The largest absolute Gasteiger partial charge is 0.456 e. The van der Waals surface area contributed by atoms with Crippen LogP contribution in [0.5, 0.6) is 0 Å². The minimum atomic E-state index is -0.517. The van der Waals surface area contributed by atoms with Crippen molar-refractivity contribution >= 4 is 70.5 Å². The van der Waals surface area contributed by atoms with Crippen LogP contribution in [0, 0.1) is 0 Å². The van der Waals surface area contributed by atoms with Crippen molar-refractivity contribution in [1.82, 2.24) is 0 Å². The molecule has 13 rings (SSSR count). The van der Waals surface area contributed by atoms with Gasteiger partial charge in [0, 0.05) is 47.9 Å². The Morgan fingerprint density at radius 2 is 0.953 bits per heavy atom. The number of rotatable bonds is 7. The zero-order valence-corrected chi connectivity index (χ0v) is 35.6. The highest BCUT2D eigenvalue weighted by atomic mass is 32.1. The maximum atomic E-state index is 6.20. The van der Waals surface area contributed by atoms with E-state index < -0.39 is 5.41 Å². The van der Waals surface area contributed by atoms with Crippen LogP contribution in [0.15, 0.2) is 241 Å². The molecule has 300 valence electrons. The first-order chi connectivity index (χ1) is 31.7. The van der Waals surface area contributed by atoms with E-state index >= 15 is 0 Å². The van der Waals surface area contributed by atoms with Crippen LogP contribution in [0.4, 0.5) is 17.1 Å². The van der Waals surface area contributed by atoms with Gasteiger partial charge < -0.3 is 9.32 Å². The summed E-state index contributed by atoms with van der Waals surface area (Å²) < 4.78 is 8.82. The summed E-state index contributed by atoms with van der Waals surface area (Å²) in [5.41, 5.74) is 16.8. The van der Waals surface area contributed by atoms with Gasteiger partial charge in [0.2, 0.25) is 0 Å². The van der Waals surface area contributed by atoms with Crippen molar-refractivity contribution in [2.45, 2.75) is 5.41 Å². The van der Waals surface area contributed by atoms with Crippen molar-refractivity contribution in [3.8, 4) is 33.4 Å². The zero-order chi connectivity index (χ0) is 42.2. The lowest BCUT2D eigenvalue weighted by Crippen LogP contribution is -2.28. The van der Waals surface area contributed by atoms with Crippen LogP contribution in [0.3, 0.4) is 0 Å². The second-order valence-electron chi connectivity index (χ2n) is 16.8. The summed E-state index contributed by atoms with van der Waals surface area (Å²) >= 11 is 1.86. The summed E-state index contributed by atoms with van der Waals surface area (Å²) in [5, 5.41) is 4.87. The van der Waals surface area contributed by atoms with Crippen LogP contribution in [0.2, 0.25) is 0 Å². The SMILES string of the molecule is c1ccc(C2(c3ccccc3)c3ccccc3-c3c(N(c4ccc(-c5ccc6oc7ccccc7c6c5)cc4)c4cccc(-c5ccc6sc7ccccc7c6c5)c4)cccc32)cc1. The van der Waals surface area contributed by atoms with Gasteiger partial charge in [-0.3, -0.25) is 0 Å². The van der Waals surface area contributed by atoms with Gasteiger partial charge in [0.15, 0.2) is 0 Å². The second kappa shape index (κ2) is 14.6. The van der Waals surface area contributed by atoms with Gasteiger partial charge in [0.25, 0.3) is 0 Å². The van der Waals surface area contributed by atoms with Crippen molar-refractivity contribution in [2.24, 2.45) is 0 Å². The van der Waals surface area contributed by atoms with Crippen LogP contribution >= 0.6 is 11.3 Å². The molecule has 2 aromatic heterocycles. The number of benzene rings is 10. The van der Waals surface area contributed by atoms with Gasteiger partial charge >= 0.3 is 0 Å². The van der Waals surface area contributed by atoms with E-state index in [0.29, 0.717) is 0 Å². The molecule has 12 aromatic rings. The van der Waals surface area contributed by atoms with E-state index in [1.807, 2.05) is 23.5 Å². The molecule has 0 atom stereocenters. The van der Waals surface area contributed by atoms with Gasteiger partial charge in [-0.05, 0) is 117 Å². The fourth-order valence-corrected chi connectivity index (χ4v) is 11.6. The number of fused-ring (bicyclic) bond motifs is 9. The number of hydrogen-bond donors (Lipinski definition) is 0. The Bertz CT molecular complexity index is 3690. The molecule has 0 N–H and O–H groups in total. The van der Waals surface area contributed by atoms with E-state index in [-0.39, 0.29) is 0 Å². The molecule has 1 aliphatic rings. The van der Waals surface area contributed by atoms with Crippen LogP contribution in [-0.2, 0) is 5.41 Å². The maximum absolute atomic E-state index is 6.20. The molecule has 0 amide bonds. The third kappa shape index (κ3) is 5.58. The predicted molar refractivity (Wildman–Crippen MR) is 269 cm³/mol. The fourth-order valence-electron chi connectivity index (χ4n) is 10.5. The summed E-state index contributed by atoms with van der Waals surface area (Å²) in [7, 11) is 0. The molecule has 2 heterocycles. The fraction of sp³-hybridized carbons (Fsp3) is 0.0164. The Kier molecular flexibility index (Phi) is 8.34. The molecule has 3 heteroatoms. The number of para-hydroxylation sites is 1. The van der Waals surface area contributed by atoms with Crippen molar-refractivity contribution in [1.29, 1.82) is 0 Å². The highest BCUT2D eigenvalue weighted by Gasteiger charge is 2.47. The molecule has 0 saturated carbocycles. The Balaban J connectivity index is 1.02. The molecule has 10 aromatic carbocycles. The lowest BCUT2D eigenvalue weighted by Gasteiger charge is -2.34. The highest BCUT2D eigenvalue weighted by molar-refractivity contribution is 7.25. The normalized spacial score (nSPS) is 12.8. The van der Waals surface area contributed by atoms with Crippen LogP contribution in [-0.4, -0.2) is 0 Å². The number of nitrogens with zero attached hydrogens (tertiary/aromatic N) is 1. The number of thiophene rings is 1. The molecule has 0 unspecified atom stereocenters. The maximum Gasteiger partial charge on any atom is 0.135 e. The van der Waals surface area contributed by atoms with Crippen molar-refractivity contribution in [3.05, 3.63) is 259 Å². The zero-order valence-electron chi connectivity index (χ0n) is 34.8. The molecule has 0 bridgehead atoms. The Hall–Kier alpha value is -7.98. The van der Waals surface area contributed by atoms with E-state index in [2.05, 4.69) is 229 Å². The van der Waals surface area contributed by atoms with E-state index in [1.165, 1.54) is 64.7 Å². The number of hydrogen-bond acceptors (Lipinski definition) is 3. The third-order valence-corrected chi connectivity index (χ3v) is 14.5. The lowest BCUT2D eigenvalue weighted by molar-refractivity contribution is 0.669. The molecule has 0 fully saturated rings. The van der Waals surface area contributed by atoms with Gasteiger partial charge in [0.05, 0.1) is 11.1 Å². The minimum Gasteiger partial charge on any atom is -0.456 e. The molecule has 0 saturated heterocycles. The highest BCUT2D eigenvalue weighted by Crippen LogP contribution is 2.59. The molecular weight excluding hydrogens is 795 g/mol. The van der Waals surface area contributed by atoms with Gasteiger partial charge in [-0.2, -0.15) is 0 Å². The molecule has 0 spiro atoms. The van der Waals surface area contributed by atoms with Crippen molar-refractivity contribution in [2.75, 3.05) is 4.90 Å². The monoisotopic (exact) mass is 833 g/mol. The standard InChI is InChI=1S/C61H39NOS/c1-3-16-44(17-4-1)61(45-18-5-2-6-19-45)53-24-10-7-23-50(53)60-54(61)25-14-26-55(60)62(46-33-29-40(30-34-46)42-31-35-57-51(38-42)48-21-8-11-27-56(48)63-57)47-20-13-15-41(37-47)43-32-36-59-52(39-43)49-22-9-12-28-58(49)64-59/h1-39H. The quantitative estimate of drug-likeness (QED) is 0.159. The molecular formula is C61H39NOS. The summed E-state index contributed by atoms with van der Waals surface area (Å²) in [5.74, 6) is 0. The topological polar surface area (TPSA) is 16.4 Å². The van der Waals surface area contributed by atoms with E-state index in [9.17, 15) is 0 Å². The van der Waals surface area contributed by atoms with E-state index in [1.54, 1.807) is 0 Å². The first-order valence-corrected chi connectivity index (χ1v) is 22.7. The number of furan rings is 1. The smallest absolute Gasteiger partial charge is 0.135 e. The minimum absolute atomic E-state index is 0.517. The van der Waals surface area contributed by atoms with Gasteiger partial charge in [-0.1, -0.05) is 170 Å². The van der Waals surface area contributed by atoms with Gasteiger partial charge in [-0.25, -0.2) is 0 Å². The lowest BCUT2D eigenvalue weighted by atomic mass is 9.68. The van der Waals surface area contributed by atoms with Gasteiger partial charge in [-0.15, -0.1) is 11.3 Å². The predicted octanol–water partition coefficient (Wildman–Crippen LogP) is 17.1. The van der Waals surface area contributed by atoms with Crippen LogP contribution in [0.1, 0.15) is 22.3 Å².